The average Bonchev–Trinajstić information content (AvgIpc) is 3.49. The fourth-order valence-corrected chi connectivity index (χ4v) is 4.10. The van der Waals surface area contributed by atoms with Gasteiger partial charge in [0.1, 0.15) is 36.8 Å². The number of nitrogens with zero attached hydrogens (tertiary/aromatic N) is 4. The van der Waals surface area contributed by atoms with Gasteiger partial charge in [0.2, 0.25) is 0 Å². The van der Waals surface area contributed by atoms with Crippen molar-refractivity contribution in [2.45, 2.75) is 56.3 Å². The molecule has 1 aromatic carbocycles. The lowest BCUT2D eigenvalue weighted by molar-refractivity contribution is -0.0474. The molecule has 31 heavy (non-hydrogen) atoms. The summed E-state index contributed by atoms with van der Waals surface area (Å²) in [7, 11) is 0. The van der Waals surface area contributed by atoms with E-state index in [2.05, 4.69) is 15.0 Å². The smallest absolute Gasteiger partial charge is 0.320 e. The highest BCUT2D eigenvalue weighted by atomic mass is 16.6. The van der Waals surface area contributed by atoms with Gasteiger partial charge in [0.15, 0.2) is 23.2 Å². The molecule has 4 atom stereocenters. The topological polar surface area (TPSA) is 138 Å². The normalized spacial score (nSPS) is 26.5. The van der Waals surface area contributed by atoms with Crippen molar-refractivity contribution in [3.05, 3.63) is 36.7 Å². The molecule has 1 aliphatic carbocycles. The Labute approximate surface area is 178 Å². The zero-order valence-corrected chi connectivity index (χ0v) is 16.9. The second kappa shape index (κ2) is 8.29. The maximum Gasteiger partial charge on any atom is 0.320 e. The van der Waals surface area contributed by atoms with E-state index in [9.17, 15) is 10.2 Å². The fraction of sp³-hybridized carbons (Fsp3) is 0.476. The second-order valence-electron chi connectivity index (χ2n) is 7.91. The number of hydrogen-bond acceptors (Lipinski definition) is 9. The molecule has 0 amide bonds. The molecule has 5 rings (SSSR count). The van der Waals surface area contributed by atoms with Crippen molar-refractivity contribution in [2.75, 3.05) is 12.3 Å². The summed E-state index contributed by atoms with van der Waals surface area (Å²) in [5, 5.41) is 21.1. The number of hydrogen-bond donors (Lipinski definition) is 3. The van der Waals surface area contributed by atoms with Gasteiger partial charge >= 0.3 is 6.01 Å². The van der Waals surface area contributed by atoms with Crippen molar-refractivity contribution < 1.29 is 24.4 Å². The summed E-state index contributed by atoms with van der Waals surface area (Å²) in [5.41, 5.74) is 6.82. The van der Waals surface area contributed by atoms with Crippen LogP contribution in [0.25, 0.3) is 11.2 Å². The van der Waals surface area contributed by atoms with Crippen molar-refractivity contribution in [1.82, 2.24) is 19.5 Å². The van der Waals surface area contributed by atoms with Crippen molar-refractivity contribution in [3.8, 4) is 11.8 Å². The van der Waals surface area contributed by atoms with Crippen LogP contribution in [0.4, 0.5) is 5.82 Å². The van der Waals surface area contributed by atoms with Crippen LogP contribution >= 0.6 is 0 Å². The monoisotopic (exact) mass is 427 g/mol. The Morgan fingerprint density at radius 3 is 2.65 bits per heavy atom. The summed E-state index contributed by atoms with van der Waals surface area (Å²) in [6.45, 7) is 0.0819. The molecule has 10 nitrogen and oxygen atoms in total. The van der Waals surface area contributed by atoms with Gasteiger partial charge in [-0.3, -0.25) is 4.57 Å². The Morgan fingerprint density at radius 2 is 1.87 bits per heavy atom. The SMILES string of the molecule is Nc1nc(OC2CCCC2)nc2c1ncn2[C@@H]1O[C@H](COc2ccccc2)[C@@H](O)[C@H]1O. The molecule has 10 heteroatoms. The third-order valence-corrected chi connectivity index (χ3v) is 5.77. The van der Waals surface area contributed by atoms with E-state index < -0.39 is 24.5 Å². The lowest BCUT2D eigenvalue weighted by Crippen LogP contribution is -2.34. The van der Waals surface area contributed by atoms with Crippen LogP contribution < -0.4 is 15.2 Å². The molecule has 164 valence electrons. The number of nitrogen functional groups attached to an aromatic ring is 1. The lowest BCUT2D eigenvalue weighted by Gasteiger charge is -2.17. The Morgan fingerprint density at radius 1 is 1.10 bits per heavy atom. The first-order valence-electron chi connectivity index (χ1n) is 10.5. The zero-order valence-electron chi connectivity index (χ0n) is 16.9. The van der Waals surface area contributed by atoms with Crippen LogP contribution in [-0.2, 0) is 4.74 Å². The van der Waals surface area contributed by atoms with Gasteiger partial charge in [-0.1, -0.05) is 18.2 Å². The highest BCUT2D eigenvalue weighted by Gasteiger charge is 2.44. The standard InChI is InChI=1S/C21H25N5O5/c22-18-15-19(25-21(24-18)30-13-8-4-5-9-13)26(11-23-15)20-17(28)16(27)14(31-20)10-29-12-6-2-1-3-7-12/h1-3,6-7,11,13-14,16-17,20,27-28H,4-5,8-10H2,(H2,22,24,25)/t14-,16-,17-,20-/m1/s1. The number of anilines is 1. The quantitative estimate of drug-likeness (QED) is 0.533. The van der Waals surface area contributed by atoms with Crippen molar-refractivity contribution in [3.63, 3.8) is 0 Å². The number of aliphatic hydroxyl groups excluding tert-OH is 2. The second-order valence-corrected chi connectivity index (χ2v) is 7.91. The van der Waals surface area contributed by atoms with Crippen molar-refractivity contribution in [1.29, 1.82) is 0 Å². The summed E-state index contributed by atoms with van der Waals surface area (Å²) >= 11 is 0. The molecular weight excluding hydrogens is 402 g/mol. The van der Waals surface area contributed by atoms with Gasteiger partial charge in [-0.15, -0.1) is 0 Å². The minimum atomic E-state index is -1.20. The number of aliphatic hydroxyl groups is 2. The number of ether oxygens (including phenoxy) is 3. The first-order chi connectivity index (χ1) is 15.1. The molecule has 0 bridgehead atoms. The van der Waals surface area contributed by atoms with E-state index in [1.165, 1.54) is 6.33 Å². The Bertz CT molecular complexity index is 1040. The number of aromatic nitrogens is 4. The van der Waals surface area contributed by atoms with Gasteiger partial charge in [0.25, 0.3) is 0 Å². The Kier molecular flexibility index (Phi) is 5.34. The number of fused-ring (bicyclic) bond motifs is 1. The molecular formula is C21H25N5O5. The highest BCUT2D eigenvalue weighted by molar-refractivity contribution is 5.82. The number of benzene rings is 1. The minimum absolute atomic E-state index is 0.0721. The fourth-order valence-electron chi connectivity index (χ4n) is 4.10. The third kappa shape index (κ3) is 3.89. The molecule has 4 N–H and O–H groups in total. The maximum atomic E-state index is 10.6. The van der Waals surface area contributed by atoms with E-state index in [1.54, 1.807) is 4.57 Å². The number of nitrogens with two attached hydrogens (primary N) is 1. The van der Waals surface area contributed by atoms with E-state index >= 15 is 0 Å². The van der Waals surface area contributed by atoms with Gasteiger partial charge in [0.05, 0.1) is 6.33 Å². The third-order valence-electron chi connectivity index (χ3n) is 5.77. The van der Waals surface area contributed by atoms with Crippen LogP contribution in [0.3, 0.4) is 0 Å². The average molecular weight is 427 g/mol. The van der Waals surface area contributed by atoms with Gasteiger partial charge in [-0.25, -0.2) is 4.98 Å². The predicted octanol–water partition coefficient (Wildman–Crippen LogP) is 1.43. The van der Waals surface area contributed by atoms with E-state index in [1.807, 2.05) is 30.3 Å². The Balaban J connectivity index is 1.37. The van der Waals surface area contributed by atoms with E-state index in [0.717, 1.165) is 25.7 Å². The first kappa shape index (κ1) is 20.0. The zero-order chi connectivity index (χ0) is 21.4. The molecule has 1 saturated heterocycles. The summed E-state index contributed by atoms with van der Waals surface area (Å²) in [4.78, 5) is 12.9. The van der Waals surface area contributed by atoms with Crippen LogP contribution in [0.2, 0.25) is 0 Å². The number of rotatable bonds is 6. The van der Waals surface area contributed by atoms with Crippen LogP contribution in [0.15, 0.2) is 36.7 Å². The molecule has 0 spiro atoms. The summed E-state index contributed by atoms with van der Waals surface area (Å²) in [6.07, 6.45) is 1.72. The van der Waals surface area contributed by atoms with Gasteiger partial charge in [0, 0.05) is 0 Å². The van der Waals surface area contributed by atoms with Crippen molar-refractivity contribution in [2.24, 2.45) is 0 Å². The summed E-state index contributed by atoms with van der Waals surface area (Å²) < 4.78 is 19.1. The summed E-state index contributed by atoms with van der Waals surface area (Å²) in [5.74, 6) is 0.840. The predicted molar refractivity (Wildman–Crippen MR) is 110 cm³/mol. The molecule has 2 fully saturated rings. The van der Waals surface area contributed by atoms with Crippen LogP contribution in [0, 0.1) is 0 Å². The van der Waals surface area contributed by atoms with Gasteiger partial charge in [-0.05, 0) is 37.8 Å². The molecule has 3 aromatic rings. The first-order valence-corrected chi connectivity index (χ1v) is 10.5. The van der Waals surface area contributed by atoms with E-state index in [-0.39, 0.29) is 24.5 Å². The van der Waals surface area contributed by atoms with E-state index in [0.29, 0.717) is 16.9 Å². The van der Waals surface area contributed by atoms with Crippen LogP contribution in [-0.4, -0.2) is 60.8 Å². The molecule has 2 aromatic heterocycles. The van der Waals surface area contributed by atoms with Crippen LogP contribution in [0.1, 0.15) is 31.9 Å². The van der Waals surface area contributed by atoms with Gasteiger partial charge < -0.3 is 30.2 Å². The largest absolute Gasteiger partial charge is 0.491 e. The molecule has 0 radical (unpaired) electrons. The molecule has 2 aliphatic rings. The number of para-hydroxylation sites is 1. The number of imidazole rings is 1. The molecule has 3 heterocycles. The van der Waals surface area contributed by atoms with Crippen molar-refractivity contribution >= 4 is 17.0 Å². The van der Waals surface area contributed by atoms with Crippen LogP contribution in [0.5, 0.6) is 11.8 Å². The summed E-state index contributed by atoms with van der Waals surface area (Å²) in [6, 6.07) is 9.39. The Hall–Kier alpha value is -2.95. The maximum absolute atomic E-state index is 10.6. The minimum Gasteiger partial charge on any atom is -0.491 e. The highest BCUT2D eigenvalue weighted by Crippen LogP contribution is 2.33. The molecule has 0 unspecified atom stereocenters. The molecule has 1 saturated carbocycles. The van der Waals surface area contributed by atoms with Gasteiger partial charge in [-0.2, -0.15) is 9.97 Å². The van der Waals surface area contributed by atoms with E-state index in [4.69, 9.17) is 19.9 Å². The lowest BCUT2D eigenvalue weighted by atomic mass is 10.1. The molecule has 1 aliphatic heterocycles.